The van der Waals surface area contributed by atoms with Crippen molar-refractivity contribution in [1.82, 2.24) is 0 Å². The predicted octanol–water partition coefficient (Wildman–Crippen LogP) is 3.81. The molecule has 1 atom stereocenters. The zero-order chi connectivity index (χ0) is 15.1. The molecule has 0 radical (unpaired) electrons. The number of carbonyl (C=O) groups is 1. The average Bonchev–Trinajstić information content (AvgIpc) is 2.52. The molecule has 21 heavy (non-hydrogen) atoms. The molecule has 0 aliphatic carbocycles. The van der Waals surface area contributed by atoms with Gasteiger partial charge in [-0.2, -0.15) is 0 Å². The molecular formula is C19H18O2. The fourth-order valence-corrected chi connectivity index (χ4v) is 2.07. The molecule has 0 spiro atoms. The van der Waals surface area contributed by atoms with Crippen LogP contribution in [-0.2, 0) is 4.79 Å². The fourth-order valence-electron chi connectivity index (χ4n) is 2.07. The lowest BCUT2D eigenvalue weighted by molar-refractivity contribution is -0.117. The molecule has 2 nitrogen and oxygen atoms in total. The highest BCUT2D eigenvalue weighted by atomic mass is 16.5. The SMILES string of the molecule is COc1ccc(C(C#Cc2ccccc2)CC(C)=O)cc1. The molecule has 0 heterocycles. The van der Waals surface area contributed by atoms with Gasteiger partial charge < -0.3 is 4.74 Å². The first-order valence-electron chi connectivity index (χ1n) is 6.89. The first-order chi connectivity index (χ1) is 10.2. The van der Waals surface area contributed by atoms with E-state index in [4.69, 9.17) is 4.74 Å². The molecule has 0 aliphatic rings. The number of hydrogen-bond donors (Lipinski definition) is 0. The summed E-state index contributed by atoms with van der Waals surface area (Å²) in [6, 6.07) is 17.5. The summed E-state index contributed by atoms with van der Waals surface area (Å²) in [6.45, 7) is 1.60. The molecule has 106 valence electrons. The summed E-state index contributed by atoms with van der Waals surface area (Å²) in [5, 5.41) is 0. The van der Waals surface area contributed by atoms with Crippen LogP contribution in [0.4, 0.5) is 0 Å². The van der Waals surface area contributed by atoms with E-state index in [0.29, 0.717) is 6.42 Å². The van der Waals surface area contributed by atoms with Crippen molar-refractivity contribution in [3.05, 3.63) is 65.7 Å². The number of carbonyl (C=O) groups excluding carboxylic acids is 1. The summed E-state index contributed by atoms with van der Waals surface area (Å²) in [7, 11) is 1.64. The number of ketones is 1. The Morgan fingerprint density at radius 2 is 1.76 bits per heavy atom. The van der Waals surface area contributed by atoms with Crippen molar-refractivity contribution in [2.24, 2.45) is 0 Å². The van der Waals surface area contributed by atoms with Crippen molar-refractivity contribution in [3.8, 4) is 17.6 Å². The van der Waals surface area contributed by atoms with E-state index in [1.165, 1.54) is 0 Å². The van der Waals surface area contributed by atoms with Gasteiger partial charge in [-0.05, 0) is 36.8 Å². The summed E-state index contributed by atoms with van der Waals surface area (Å²) in [5.41, 5.74) is 1.99. The Morgan fingerprint density at radius 3 is 2.33 bits per heavy atom. The maximum absolute atomic E-state index is 11.5. The lowest BCUT2D eigenvalue weighted by atomic mass is 9.94. The van der Waals surface area contributed by atoms with E-state index in [-0.39, 0.29) is 11.7 Å². The van der Waals surface area contributed by atoms with E-state index < -0.39 is 0 Å². The topological polar surface area (TPSA) is 26.3 Å². The second-order valence-corrected chi connectivity index (χ2v) is 4.87. The molecule has 0 aromatic heterocycles. The van der Waals surface area contributed by atoms with Crippen LogP contribution in [0.1, 0.15) is 30.4 Å². The van der Waals surface area contributed by atoms with Crippen molar-refractivity contribution in [2.75, 3.05) is 7.11 Å². The summed E-state index contributed by atoms with van der Waals surface area (Å²) in [6.07, 6.45) is 0.423. The van der Waals surface area contributed by atoms with E-state index in [9.17, 15) is 4.79 Å². The van der Waals surface area contributed by atoms with E-state index in [2.05, 4.69) is 11.8 Å². The standard InChI is InChI=1S/C19H18O2/c1-15(20)14-18(9-8-16-6-4-3-5-7-16)17-10-12-19(21-2)13-11-17/h3-7,10-13,18H,14H2,1-2H3. The van der Waals surface area contributed by atoms with Gasteiger partial charge in [0.05, 0.1) is 13.0 Å². The highest BCUT2D eigenvalue weighted by Crippen LogP contribution is 2.22. The van der Waals surface area contributed by atoms with Crippen LogP contribution in [0.5, 0.6) is 5.75 Å². The van der Waals surface area contributed by atoms with Crippen LogP contribution in [0.25, 0.3) is 0 Å². The first kappa shape index (κ1) is 14.9. The Labute approximate surface area is 125 Å². The number of hydrogen-bond acceptors (Lipinski definition) is 2. The summed E-state index contributed by atoms with van der Waals surface area (Å²) >= 11 is 0. The van der Waals surface area contributed by atoms with E-state index in [1.54, 1.807) is 14.0 Å². The fraction of sp³-hybridized carbons (Fsp3) is 0.211. The maximum Gasteiger partial charge on any atom is 0.131 e. The molecule has 0 fully saturated rings. The van der Waals surface area contributed by atoms with Crippen LogP contribution >= 0.6 is 0 Å². The third-order valence-corrected chi connectivity index (χ3v) is 3.17. The highest BCUT2D eigenvalue weighted by Gasteiger charge is 2.11. The molecule has 0 saturated heterocycles. The molecule has 0 bridgehead atoms. The van der Waals surface area contributed by atoms with E-state index in [0.717, 1.165) is 16.9 Å². The number of methoxy groups -OCH3 is 1. The molecule has 0 N–H and O–H groups in total. The molecular weight excluding hydrogens is 260 g/mol. The summed E-state index contributed by atoms with van der Waals surface area (Å²) < 4.78 is 5.16. The van der Waals surface area contributed by atoms with Gasteiger partial charge in [0.25, 0.3) is 0 Å². The summed E-state index contributed by atoms with van der Waals surface area (Å²) in [4.78, 5) is 11.5. The number of benzene rings is 2. The van der Waals surface area contributed by atoms with Gasteiger partial charge in [0.1, 0.15) is 11.5 Å². The Bertz CT molecular complexity index is 645. The molecule has 0 saturated carbocycles. The van der Waals surface area contributed by atoms with Crippen LogP contribution in [0.3, 0.4) is 0 Å². The molecule has 2 heteroatoms. The monoisotopic (exact) mass is 278 g/mol. The predicted molar refractivity (Wildman–Crippen MR) is 84.4 cm³/mol. The van der Waals surface area contributed by atoms with Crippen LogP contribution in [0.15, 0.2) is 54.6 Å². The summed E-state index contributed by atoms with van der Waals surface area (Å²) in [5.74, 6) is 7.20. The quantitative estimate of drug-likeness (QED) is 0.795. The van der Waals surface area contributed by atoms with Gasteiger partial charge in [0, 0.05) is 12.0 Å². The van der Waals surface area contributed by atoms with E-state index in [1.807, 2.05) is 54.6 Å². The molecule has 1 unspecified atom stereocenters. The van der Waals surface area contributed by atoms with Crippen molar-refractivity contribution in [3.63, 3.8) is 0 Å². The highest BCUT2D eigenvalue weighted by molar-refractivity contribution is 5.77. The molecule has 2 aromatic rings. The zero-order valence-corrected chi connectivity index (χ0v) is 12.3. The zero-order valence-electron chi connectivity index (χ0n) is 12.3. The molecule has 2 rings (SSSR count). The van der Waals surface area contributed by atoms with E-state index >= 15 is 0 Å². The lowest BCUT2D eigenvalue weighted by Gasteiger charge is -2.10. The number of rotatable bonds is 4. The van der Waals surface area contributed by atoms with Crippen LogP contribution < -0.4 is 4.74 Å². The first-order valence-corrected chi connectivity index (χ1v) is 6.89. The van der Waals surface area contributed by atoms with Gasteiger partial charge in [-0.25, -0.2) is 0 Å². The minimum absolute atomic E-state index is 0.0892. The van der Waals surface area contributed by atoms with Gasteiger partial charge in [-0.15, -0.1) is 0 Å². The molecule has 0 aliphatic heterocycles. The minimum atomic E-state index is -0.0892. The normalized spacial score (nSPS) is 11.1. The van der Waals surface area contributed by atoms with Gasteiger partial charge >= 0.3 is 0 Å². The Balaban J connectivity index is 2.25. The Morgan fingerprint density at radius 1 is 1.10 bits per heavy atom. The van der Waals surface area contributed by atoms with Gasteiger partial charge in [0.2, 0.25) is 0 Å². The van der Waals surface area contributed by atoms with Crippen molar-refractivity contribution >= 4 is 5.78 Å². The smallest absolute Gasteiger partial charge is 0.131 e. The van der Waals surface area contributed by atoms with Crippen molar-refractivity contribution in [2.45, 2.75) is 19.3 Å². The molecule has 2 aromatic carbocycles. The number of Topliss-reactive ketones (excluding diaryl/α,β-unsaturated/α-hetero) is 1. The van der Waals surface area contributed by atoms with Crippen LogP contribution in [0, 0.1) is 11.8 Å². The van der Waals surface area contributed by atoms with Crippen LogP contribution in [0.2, 0.25) is 0 Å². The van der Waals surface area contributed by atoms with Gasteiger partial charge in [-0.1, -0.05) is 42.2 Å². The number of ether oxygens (including phenoxy) is 1. The second kappa shape index (κ2) is 7.31. The third-order valence-electron chi connectivity index (χ3n) is 3.17. The Kier molecular flexibility index (Phi) is 5.17. The maximum atomic E-state index is 11.5. The second-order valence-electron chi connectivity index (χ2n) is 4.87. The third kappa shape index (κ3) is 4.50. The van der Waals surface area contributed by atoms with Crippen LogP contribution in [-0.4, -0.2) is 12.9 Å². The van der Waals surface area contributed by atoms with Gasteiger partial charge in [0.15, 0.2) is 0 Å². The largest absolute Gasteiger partial charge is 0.497 e. The van der Waals surface area contributed by atoms with Crippen molar-refractivity contribution < 1.29 is 9.53 Å². The van der Waals surface area contributed by atoms with Gasteiger partial charge in [-0.3, -0.25) is 4.79 Å². The lowest BCUT2D eigenvalue weighted by Crippen LogP contribution is -2.02. The Hall–Kier alpha value is -2.53. The molecule has 0 amide bonds. The average molecular weight is 278 g/mol. The van der Waals surface area contributed by atoms with Crippen molar-refractivity contribution in [1.29, 1.82) is 0 Å². The minimum Gasteiger partial charge on any atom is -0.497 e.